The number of hydrogen-bond acceptors (Lipinski definition) is 3. The summed E-state index contributed by atoms with van der Waals surface area (Å²) in [5, 5.41) is 0. The molecule has 1 aromatic heterocycles. The van der Waals surface area contributed by atoms with Gasteiger partial charge in [-0.25, -0.2) is 4.98 Å². The Morgan fingerprint density at radius 3 is 2.50 bits per heavy atom. The third kappa shape index (κ3) is 3.71. The maximum Gasteiger partial charge on any atom is 0.419 e. The van der Waals surface area contributed by atoms with Gasteiger partial charge in [-0.15, -0.1) is 0 Å². The molecular weight excluding hydrogens is 363 g/mol. The first kappa shape index (κ1) is 17.1. The smallest absolute Gasteiger partial charge is 0.356 e. The third-order valence-electron chi connectivity index (χ3n) is 3.95. The lowest BCUT2D eigenvalue weighted by molar-refractivity contribution is -0.137. The molecule has 4 nitrogen and oxygen atoms in total. The van der Waals surface area contributed by atoms with Crippen molar-refractivity contribution in [2.75, 3.05) is 25.0 Å². The molecular formula is C14H17BrF3N3O. The predicted molar refractivity (Wildman–Crippen MR) is 80.6 cm³/mol. The molecule has 1 aliphatic heterocycles. The van der Waals surface area contributed by atoms with Crippen molar-refractivity contribution in [3.63, 3.8) is 0 Å². The van der Waals surface area contributed by atoms with E-state index in [1.807, 2.05) is 0 Å². The highest BCUT2D eigenvalue weighted by molar-refractivity contribution is 9.10. The zero-order valence-electron chi connectivity index (χ0n) is 12.3. The summed E-state index contributed by atoms with van der Waals surface area (Å²) in [6.07, 6.45) is -1.81. The second-order valence-corrected chi connectivity index (χ2v) is 6.29. The molecule has 1 saturated heterocycles. The third-order valence-corrected chi connectivity index (χ3v) is 4.38. The molecule has 0 aliphatic carbocycles. The molecule has 1 aliphatic rings. The lowest BCUT2D eigenvalue weighted by Gasteiger charge is -2.37. The number of carbonyl (C=O) groups is 1. The zero-order valence-corrected chi connectivity index (χ0v) is 13.9. The number of hydrogen-bond donors (Lipinski definition) is 0. The standard InChI is InChI=1S/C14H17BrF3N3O/c1-9(22)20(2)11-3-5-21(6-4-11)13-12(14(16,17)18)7-10(15)8-19-13/h7-8,11H,3-6H2,1-2H3. The molecule has 0 unspecified atom stereocenters. The zero-order chi connectivity index (χ0) is 16.5. The van der Waals surface area contributed by atoms with Crippen molar-refractivity contribution in [2.45, 2.75) is 32.0 Å². The van der Waals surface area contributed by atoms with Crippen molar-refractivity contribution in [1.29, 1.82) is 0 Å². The van der Waals surface area contributed by atoms with E-state index >= 15 is 0 Å². The van der Waals surface area contributed by atoms with Crippen molar-refractivity contribution >= 4 is 27.7 Å². The van der Waals surface area contributed by atoms with Gasteiger partial charge in [0.1, 0.15) is 5.82 Å². The molecule has 0 spiro atoms. The van der Waals surface area contributed by atoms with Crippen LogP contribution in [0.4, 0.5) is 19.0 Å². The van der Waals surface area contributed by atoms with Crippen LogP contribution in [0.25, 0.3) is 0 Å². The van der Waals surface area contributed by atoms with Crippen molar-refractivity contribution < 1.29 is 18.0 Å². The molecule has 1 fully saturated rings. The van der Waals surface area contributed by atoms with Crippen LogP contribution in [0.5, 0.6) is 0 Å². The van der Waals surface area contributed by atoms with Gasteiger partial charge >= 0.3 is 6.18 Å². The summed E-state index contributed by atoms with van der Waals surface area (Å²) in [5.74, 6) is -0.0733. The molecule has 2 heterocycles. The largest absolute Gasteiger partial charge is 0.419 e. The molecule has 122 valence electrons. The monoisotopic (exact) mass is 379 g/mol. The van der Waals surface area contributed by atoms with Gasteiger partial charge in [-0.3, -0.25) is 4.79 Å². The van der Waals surface area contributed by atoms with Gasteiger partial charge in [-0.2, -0.15) is 13.2 Å². The van der Waals surface area contributed by atoms with Crippen LogP contribution < -0.4 is 4.90 Å². The molecule has 8 heteroatoms. The second-order valence-electron chi connectivity index (χ2n) is 5.37. The van der Waals surface area contributed by atoms with E-state index in [4.69, 9.17) is 0 Å². The van der Waals surface area contributed by atoms with Crippen molar-refractivity contribution in [3.05, 3.63) is 22.3 Å². The highest BCUT2D eigenvalue weighted by atomic mass is 79.9. The summed E-state index contributed by atoms with van der Waals surface area (Å²) < 4.78 is 39.8. The molecule has 0 N–H and O–H groups in total. The Kier molecular flexibility index (Phi) is 4.99. The van der Waals surface area contributed by atoms with Crippen molar-refractivity contribution in [2.24, 2.45) is 0 Å². The number of piperidine rings is 1. The van der Waals surface area contributed by atoms with Crippen LogP contribution in [0.15, 0.2) is 16.7 Å². The summed E-state index contributed by atoms with van der Waals surface area (Å²) >= 11 is 3.03. The average molecular weight is 380 g/mol. The van der Waals surface area contributed by atoms with E-state index in [1.54, 1.807) is 16.8 Å². The van der Waals surface area contributed by atoms with Crippen LogP contribution >= 0.6 is 15.9 Å². The number of alkyl halides is 3. The van der Waals surface area contributed by atoms with Gasteiger partial charge in [0.05, 0.1) is 5.56 Å². The van der Waals surface area contributed by atoms with Crippen LogP contribution in [-0.2, 0) is 11.0 Å². The highest BCUT2D eigenvalue weighted by Crippen LogP contribution is 2.37. The molecule has 0 atom stereocenters. The number of halogens is 4. The number of amides is 1. The number of nitrogens with zero attached hydrogens (tertiary/aromatic N) is 3. The van der Waals surface area contributed by atoms with E-state index in [1.165, 1.54) is 13.1 Å². The predicted octanol–water partition coefficient (Wildman–Crippen LogP) is 3.31. The second kappa shape index (κ2) is 6.44. The quantitative estimate of drug-likeness (QED) is 0.790. The summed E-state index contributed by atoms with van der Waals surface area (Å²) in [5.41, 5.74) is -0.736. The van der Waals surface area contributed by atoms with Gasteiger partial charge in [0.2, 0.25) is 5.91 Å². The number of pyridine rings is 1. The fourth-order valence-electron chi connectivity index (χ4n) is 2.61. The maximum absolute atomic E-state index is 13.2. The van der Waals surface area contributed by atoms with E-state index in [0.29, 0.717) is 30.4 Å². The fraction of sp³-hybridized carbons (Fsp3) is 0.571. The van der Waals surface area contributed by atoms with Crippen LogP contribution in [0.1, 0.15) is 25.3 Å². The maximum atomic E-state index is 13.2. The Morgan fingerprint density at radius 1 is 1.41 bits per heavy atom. The summed E-state index contributed by atoms with van der Waals surface area (Å²) in [7, 11) is 1.72. The lowest BCUT2D eigenvalue weighted by Crippen LogP contribution is -2.45. The van der Waals surface area contributed by atoms with Gasteiger partial charge in [-0.05, 0) is 34.8 Å². The summed E-state index contributed by atoms with van der Waals surface area (Å²) in [6.45, 7) is 2.38. The minimum atomic E-state index is -4.45. The fourth-order valence-corrected chi connectivity index (χ4v) is 2.95. The molecule has 0 saturated carbocycles. The van der Waals surface area contributed by atoms with Gasteiger partial charge < -0.3 is 9.80 Å². The van der Waals surface area contributed by atoms with Crippen molar-refractivity contribution in [1.82, 2.24) is 9.88 Å². The van der Waals surface area contributed by atoms with E-state index in [2.05, 4.69) is 20.9 Å². The Hall–Kier alpha value is -1.31. The van der Waals surface area contributed by atoms with E-state index < -0.39 is 11.7 Å². The average Bonchev–Trinajstić information content (AvgIpc) is 2.45. The van der Waals surface area contributed by atoms with Crippen molar-refractivity contribution in [3.8, 4) is 0 Å². The molecule has 1 amide bonds. The summed E-state index contributed by atoms with van der Waals surface area (Å²) in [6, 6.07) is 1.12. The minimum absolute atomic E-state index is 0.0313. The van der Waals surface area contributed by atoms with Gasteiger partial charge in [-0.1, -0.05) is 0 Å². The molecule has 0 bridgehead atoms. The molecule has 0 radical (unpaired) electrons. The van der Waals surface area contributed by atoms with Crippen LogP contribution in [0.3, 0.4) is 0 Å². The van der Waals surface area contributed by atoms with Gasteiger partial charge in [0.25, 0.3) is 0 Å². The SMILES string of the molecule is CC(=O)N(C)C1CCN(c2ncc(Br)cc2C(F)(F)F)CC1. The number of aromatic nitrogens is 1. The summed E-state index contributed by atoms with van der Waals surface area (Å²) in [4.78, 5) is 18.6. The lowest BCUT2D eigenvalue weighted by atomic mass is 10.0. The molecule has 22 heavy (non-hydrogen) atoms. The van der Waals surface area contributed by atoms with E-state index in [-0.39, 0.29) is 17.8 Å². The van der Waals surface area contributed by atoms with Gasteiger partial charge in [0, 0.05) is 43.8 Å². The van der Waals surface area contributed by atoms with Gasteiger partial charge in [0.15, 0.2) is 0 Å². The Labute approximate surface area is 135 Å². The molecule has 2 rings (SSSR count). The van der Waals surface area contributed by atoms with Crippen LogP contribution in [-0.4, -0.2) is 42.0 Å². The Bertz CT molecular complexity index is 557. The first-order chi connectivity index (χ1) is 10.2. The van der Waals surface area contributed by atoms with E-state index in [0.717, 1.165) is 6.07 Å². The number of rotatable bonds is 2. The normalized spacial score (nSPS) is 16.7. The minimum Gasteiger partial charge on any atom is -0.356 e. The highest BCUT2D eigenvalue weighted by Gasteiger charge is 2.37. The first-order valence-electron chi connectivity index (χ1n) is 6.91. The Balaban J connectivity index is 2.17. The van der Waals surface area contributed by atoms with E-state index in [9.17, 15) is 18.0 Å². The topological polar surface area (TPSA) is 36.4 Å². The van der Waals surface area contributed by atoms with Crippen LogP contribution in [0, 0.1) is 0 Å². The Morgan fingerprint density at radius 2 is 2.00 bits per heavy atom. The van der Waals surface area contributed by atoms with Crippen LogP contribution in [0.2, 0.25) is 0 Å². The first-order valence-corrected chi connectivity index (χ1v) is 7.70. The number of anilines is 1. The number of carbonyl (C=O) groups excluding carboxylic acids is 1. The molecule has 0 aromatic carbocycles. The molecule has 1 aromatic rings.